The second-order valence-corrected chi connectivity index (χ2v) is 5.72. The Morgan fingerprint density at radius 3 is 2.76 bits per heavy atom. The molecule has 0 fully saturated rings. The summed E-state index contributed by atoms with van der Waals surface area (Å²) in [6, 6.07) is 0. The Morgan fingerprint density at radius 1 is 1.53 bits per heavy atom. The van der Waals surface area contributed by atoms with Crippen LogP contribution in [0.1, 0.15) is 25.5 Å². The van der Waals surface area contributed by atoms with Crippen LogP contribution in [0.25, 0.3) is 0 Å². The highest BCUT2D eigenvalue weighted by Crippen LogP contribution is 2.29. The molecule has 0 aromatic carbocycles. The highest BCUT2D eigenvalue weighted by atomic mass is 32.2. The number of carboxylic acid groups (broad SMARTS) is 2. The van der Waals surface area contributed by atoms with Gasteiger partial charge < -0.3 is 10.2 Å². The van der Waals surface area contributed by atoms with Crippen molar-refractivity contribution in [3.63, 3.8) is 0 Å². The smallest absolute Gasteiger partial charge is 0.317 e. The molecule has 0 saturated heterocycles. The highest BCUT2D eigenvalue weighted by molar-refractivity contribution is 8.02. The van der Waals surface area contributed by atoms with E-state index in [1.165, 1.54) is 23.1 Å². The summed E-state index contributed by atoms with van der Waals surface area (Å²) in [5.41, 5.74) is 0.477. The first kappa shape index (κ1) is 14.0. The zero-order valence-electron chi connectivity index (χ0n) is 9.25. The van der Waals surface area contributed by atoms with Crippen LogP contribution in [-0.2, 0) is 16.0 Å². The fourth-order valence-electron chi connectivity index (χ4n) is 1.20. The van der Waals surface area contributed by atoms with Gasteiger partial charge in [0.05, 0.1) is 12.1 Å². The summed E-state index contributed by atoms with van der Waals surface area (Å²) >= 11 is 2.47. The van der Waals surface area contributed by atoms with E-state index >= 15 is 0 Å². The molecule has 0 amide bonds. The number of hydrogen-bond donors (Lipinski definition) is 2. The average molecular weight is 275 g/mol. The average Bonchev–Trinajstić information content (AvgIpc) is 2.63. The molecule has 1 atom stereocenters. The molecule has 0 bridgehead atoms. The van der Waals surface area contributed by atoms with Gasteiger partial charge in [-0.1, -0.05) is 25.1 Å². The molecule has 0 aliphatic rings. The minimum atomic E-state index is -0.935. The number of carbonyl (C=O) groups is 2. The molecule has 2 N–H and O–H groups in total. The number of aliphatic carboxylic acids is 2. The van der Waals surface area contributed by atoms with Crippen molar-refractivity contribution in [1.29, 1.82) is 0 Å². The number of thiazole rings is 1. The summed E-state index contributed by atoms with van der Waals surface area (Å²) in [6.07, 6.45) is 1.24. The first-order valence-electron chi connectivity index (χ1n) is 5.08. The maximum atomic E-state index is 10.9. The number of carboxylic acids is 2. The van der Waals surface area contributed by atoms with Crippen LogP contribution in [0.3, 0.4) is 0 Å². The summed E-state index contributed by atoms with van der Waals surface area (Å²) < 4.78 is 0.613. The summed E-state index contributed by atoms with van der Waals surface area (Å²) in [5.74, 6) is -1.79. The molecule has 0 aliphatic heterocycles. The molecule has 5 nitrogen and oxygen atoms in total. The minimum absolute atomic E-state index is 0.122. The van der Waals surface area contributed by atoms with E-state index in [0.717, 1.165) is 6.42 Å². The van der Waals surface area contributed by atoms with Crippen LogP contribution < -0.4 is 0 Å². The van der Waals surface area contributed by atoms with Crippen LogP contribution in [0, 0.1) is 0 Å². The van der Waals surface area contributed by atoms with Gasteiger partial charge in [0.25, 0.3) is 0 Å². The lowest BCUT2D eigenvalue weighted by molar-refractivity contribution is -0.137. The molecular weight excluding hydrogens is 262 g/mol. The molecular formula is C10H13NO4S2. The Bertz CT molecular complexity index is 405. The molecule has 0 spiro atoms. The second-order valence-electron chi connectivity index (χ2n) is 3.41. The molecule has 7 heteroatoms. The zero-order chi connectivity index (χ0) is 12.8. The van der Waals surface area contributed by atoms with Gasteiger partial charge in [0.15, 0.2) is 4.34 Å². The fraction of sp³-hybridized carbons (Fsp3) is 0.500. The quantitative estimate of drug-likeness (QED) is 0.741. The van der Waals surface area contributed by atoms with Crippen LogP contribution in [-0.4, -0.2) is 32.4 Å². The third-order valence-electron chi connectivity index (χ3n) is 1.93. The van der Waals surface area contributed by atoms with Crippen LogP contribution in [0.2, 0.25) is 0 Å². The molecule has 0 saturated carbocycles. The van der Waals surface area contributed by atoms with E-state index in [1.54, 1.807) is 5.38 Å². The topological polar surface area (TPSA) is 87.5 Å². The minimum Gasteiger partial charge on any atom is -0.481 e. The van der Waals surface area contributed by atoms with Gasteiger partial charge in [0, 0.05) is 5.38 Å². The Morgan fingerprint density at radius 2 is 2.24 bits per heavy atom. The lowest BCUT2D eigenvalue weighted by Crippen LogP contribution is -2.15. The number of thioether (sulfide) groups is 1. The monoisotopic (exact) mass is 275 g/mol. The summed E-state index contributed by atoms with van der Waals surface area (Å²) in [7, 11) is 0. The zero-order valence-corrected chi connectivity index (χ0v) is 10.9. The van der Waals surface area contributed by atoms with Crippen molar-refractivity contribution in [3.8, 4) is 0 Å². The van der Waals surface area contributed by atoms with Crippen molar-refractivity contribution < 1.29 is 19.8 Å². The van der Waals surface area contributed by atoms with E-state index in [-0.39, 0.29) is 6.42 Å². The Balaban J connectivity index is 2.63. The Labute approximate surface area is 107 Å². The SMILES string of the molecule is CCCC(Sc1nc(CC(=O)O)cs1)C(=O)O. The first-order valence-corrected chi connectivity index (χ1v) is 6.84. The molecule has 17 heavy (non-hydrogen) atoms. The summed E-state index contributed by atoms with van der Waals surface area (Å²) in [5, 5.41) is 18.7. The van der Waals surface area contributed by atoms with E-state index in [0.29, 0.717) is 16.5 Å². The molecule has 1 rings (SSSR count). The predicted molar refractivity (Wildman–Crippen MR) is 65.6 cm³/mol. The number of aromatic nitrogens is 1. The molecule has 1 aromatic heterocycles. The van der Waals surface area contributed by atoms with Crippen LogP contribution in [0.4, 0.5) is 0 Å². The van der Waals surface area contributed by atoms with Gasteiger partial charge in [-0.2, -0.15) is 0 Å². The standard InChI is InChI=1S/C10H13NO4S2/c1-2-3-7(9(14)15)17-10-11-6(5-16-10)4-8(12)13/h5,7H,2-4H2,1H3,(H,12,13)(H,14,15). The lowest BCUT2D eigenvalue weighted by Gasteiger charge is -2.07. The summed E-state index contributed by atoms with van der Waals surface area (Å²) in [6.45, 7) is 1.92. The predicted octanol–water partition coefficient (Wildman–Crippen LogP) is 2.12. The van der Waals surface area contributed by atoms with Gasteiger partial charge in [-0.15, -0.1) is 11.3 Å². The maximum absolute atomic E-state index is 10.9. The Kier molecular flexibility index (Phi) is 5.43. The third kappa shape index (κ3) is 4.74. The van der Waals surface area contributed by atoms with Gasteiger partial charge in [0.2, 0.25) is 0 Å². The fourth-order valence-corrected chi connectivity index (χ4v) is 3.32. The molecule has 1 unspecified atom stereocenters. The van der Waals surface area contributed by atoms with Crippen molar-refractivity contribution in [2.45, 2.75) is 35.8 Å². The van der Waals surface area contributed by atoms with E-state index < -0.39 is 17.2 Å². The van der Waals surface area contributed by atoms with Crippen LogP contribution in [0.5, 0.6) is 0 Å². The first-order chi connectivity index (χ1) is 8.02. The number of rotatable bonds is 7. The van der Waals surface area contributed by atoms with Gasteiger partial charge in [-0.25, -0.2) is 4.98 Å². The molecule has 0 radical (unpaired) electrons. The largest absolute Gasteiger partial charge is 0.481 e. The van der Waals surface area contributed by atoms with Crippen molar-refractivity contribution in [1.82, 2.24) is 4.98 Å². The van der Waals surface area contributed by atoms with Crippen LogP contribution >= 0.6 is 23.1 Å². The van der Waals surface area contributed by atoms with Crippen molar-refractivity contribution in [2.75, 3.05) is 0 Å². The molecule has 1 heterocycles. The van der Waals surface area contributed by atoms with Crippen molar-refractivity contribution >= 4 is 35.0 Å². The maximum Gasteiger partial charge on any atom is 0.317 e. The van der Waals surface area contributed by atoms with Crippen molar-refractivity contribution in [2.24, 2.45) is 0 Å². The lowest BCUT2D eigenvalue weighted by atomic mass is 10.2. The molecule has 0 aliphatic carbocycles. The van der Waals surface area contributed by atoms with Crippen molar-refractivity contribution in [3.05, 3.63) is 11.1 Å². The van der Waals surface area contributed by atoms with Gasteiger partial charge in [-0.3, -0.25) is 9.59 Å². The molecule has 1 aromatic rings. The number of hydrogen-bond acceptors (Lipinski definition) is 5. The summed E-state index contributed by atoms with van der Waals surface area (Å²) in [4.78, 5) is 25.5. The van der Waals surface area contributed by atoms with Crippen LogP contribution in [0.15, 0.2) is 9.72 Å². The second kappa shape index (κ2) is 6.61. The van der Waals surface area contributed by atoms with E-state index in [2.05, 4.69) is 4.98 Å². The Hall–Kier alpha value is -1.08. The van der Waals surface area contributed by atoms with Gasteiger partial charge in [-0.05, 0) is 6.42 Å². The molecule has 94 valence electrons. The highest BCUT2D eigenvalue weighted by Gasteiger charge is 2.19. The third-order valence-corrected chi connectivity index (χ3v) is 4.21. The normalized spacial score (nSPS) is 12.3. The van der Waals surface area contributed by atoms with E-state index in [4.69, 9.17) is 10.2 Å². The van der Waals surface area contributed by atoms with E-state index in [1.807, 2.05) is 6.92 Å². The van der Waals surface area contributed by atoms with Gasteiger partial charge in [0.1, 0.15) is 5.25 Å². The van der Waals surface area contributed by atoms with E-state index in [9.17, 15) is 9.59 Å². The van der Waals surface area contributed by atoms with Gasteiger partial charge >= 0.3 is 11.9 Å². The number of nitrogens with zero attached hydrogens (tertiary/aromatic N) is 1.